The lowest BCUT2D eigenvalue weighted by molar-refractivity contribution is 0.238. The molecule has 0 bridgehead atoms. The van der Waals surface area contributed by atoms with Gasteiger partial charge in [0.05, 0.1) is 6.26 Å². The number of anilines is 1. The SMILES string of the molecule is Cc1cc(NC(=O)NC2CCN(S(C)(=O)=O)CC2)ccn1. The topological polar surface area (TPSA) is 91.4 Å². The largest absolute Gasteiger partial charge is 0.335 e. The molecule has 1 aromatic heterocycles. The summed E-state index contributed by atoms with van der Waals surface area (Å²) < 4.78 is 24.3. The van der Waals surface area contributed by atoms with Crippen molar-refractivity contribution in [3.05, 3.63) is 24.0 Å². The first-order valence-corrected chi connectivity index (χ1v) is 8.65. The molecule has 116 valence electrons. The molecule has 8 heteroatoms. The number of nitrogens with one attached hydrogen (secondary N) is 2. The van der Waals surface area contributed by atoms with Gasteiger partial charge in [0.25, 0.3) is 0 Å². The van der Waals surface area contributed by atoms with Crippen molar-refractivity contribution in [2.24, 2.45) is 0 Å². The summed E-state index contributed by atoms with van der Waals surface area (Å²) in [5.41, 5.74) is 1.52. The molecule has 1 saturated heterocycles. The van der Waals surface area contributed by atoms with Crippen molar-refractivity contribution in [3.63, 3.8) is 0 Å². The van der Waals surface area contributed by atoms with Crippen molar-refractivity contribution in [1.82, 2.24) is 14.6 Å². The quantitative estimate of drug-likeness (QED) is 0.869. The second-order valence-electron chi connectivity index (χ2n) is 5.22. The Balaban J connectivity index is 1.82. The van der Waals surface area contributed by atoms with E-state index >= 15 is 0 Å². The number of sulfonamides is 1. The van der Waals surface area contributed by atoms with Crippen molar-refractivity contribution in [2.45, 2.75) is 25.8 Å². The minimum absolute atomic E-state index is 0.00839. The van der Waals surface area contributed by atoms with Crippen LogP contribution in [0.15, 0.2) is 18.3 Å². The van der Waals surface area contributed by atoms with Crippen LogP contribution < -0.4 is 10.6 Å². The summed E-state index contributed by atoms with van der Waals surface area (Å²) in [5.74, 6) is 0. The van der Waals surface area contributed by atoms with Gasteiger partial charge in [-0.05, 0) is 31.9 Å². The molecule has 0 spiro atoms. The first-order valence-electron chi connectivity index (χ1n) is 6.80. The smallest absolute Gasteiger partial charge is 0.319 e. The Labute approximate surface area is 124 Å². The van der Waals surface area contributed by atoms with Gasteiger partial charge in [0.2, 0.25) is 10.0 Å². The Morgan fingerprint density at radius 3 is 2.62 bits per heavy atom. The maximum absolute atomic E-state index is 11.9. The minimum atomic E-state index is -3.13. The number of aromatic nitrogens is 1. The van der Waals surface area contributed by atoms with Gasteiger partial charge < -0.3 is 10.6 Å². The van der Waals surface area contributed by atoms with Crippen molar-refractivity contribution >= 4 is 21.7 Å². The maximum atomic E-state index is 11.9. The van der Waals surface area contributed by atoms with Crippen LogP contribution >= 0.6 is 0 Å². The number of hydrogen-bond donors (Lipinski definition) is 2. The van der Waals surface area contributed by atoms with Crippen LogP contribution in [0.2, 0.25) is 0 Å². The highest BCUT2D eigenvalue weighted by Crippen LogP contribution is 2.13. The zero-order chi connectivity index (χ0) is 15.5. The second kappa shape index (κ2) is 6.40. The molecule has 0 aromatic carbocycles. The van der Waals surface area contributed by atoms with Crippen LogP contribution in [0.4, 0.5) is 10.5 Å². The first-order chi connectivity index (χ1) is 9.84. The highest BCUT2D eigenvalue weighted by atomic mass is 32.2. The van der Waals surface area contributed by atoms with Crippen LogP contribution in [-0.2, 0) is 10.0 Å². The lowest BCUT2D eigenvalue weighted by Crippen LogP contribution is -2.47. The van der Waals surface area contributed by atoms with Gasteiger partial charge in [-0.15, -0.1) is 0 Å². The minimum Gasteiger partial charge on any atom is -0.335 e. The highest BCUT2D eigenvalue weighted by molar-refractivity contribution is 7.88. The molecule has 0 unspecified atom stereocenters. The van der Waals surface area contributed by atoms with Gasteiger partial charge in [-0.25, -0.2) is 17.5 Å². The van der Waals surface area contributed by atoms with Crippen LogP contribution in [0.3, 0.4) is 0 Å². The van der Waals surface area contributed by atoms with Gasteiger partial charge in [0.1, 0.15) is 0 Å². The number of amides is 2. The molecule has 2 N–H and O–H groups in total. The fourth-order valence-corrected chi connectivity index (χ4v) is 3.18. The molecular weight excluding hydrogens is 292 g/mol. The maximum Gasteiger partial charge on any atom is 0.319 e. The van der Waals surface area contributed by atoms with E-state index in [4.69, 9.17) is 0 Å². The Kier molecular flexibility index (Phi) is 4.79. The summed E-state index contributed by atoms with van der Waals surface area (Å²) in [7, 11) is -3.13. The summed E-state index contributed by atoms with van der Waals surface area (Å²) in [6, 6.07) is 3.22. The molecule has 2 rings (SSSR count). The average molecular weight is 312 g/mol. The number of urea groups is 1. The van der Waals surface area contributed by atoms with Crippen molar-refractivity contribution < 1.29 is 13.2 Å². The third-order valence-electron chi connectivity index (χ3n) is 3.41. The Bertz CT molecular complexity index is 610. The van der Waals surface area contributed by atoms with Crippen molar-refractivity contribution in [3.8, 4) is 0 Å². The predicted octanol–water partition coefficient (Wildman–Crippen LogP) is 0.936. The van der Waals surface area contributed by atoms with Gasteiger partial charge in [-0.2, -0.15) is 0 Å². The van der Waals surface area contributed by atoms with Crippen LogP contribution in [0.1, 0.15) is 18.5 Å². The number of hydrogen-bond acceptors (Lipinski definition) is 4. The normalized spacial score (nSPS) is 17.4. The molecule has 2 amide bonds. The summed E-state index contributed by atoms with van der Waals surface area (Å²) in [5, 5.41) is 5.62. The predicted molar refractivity (Wildman–Crippen MR) is 80.6 cm³/mol. The molecule has 7 nitrogen and oxygen atoms in total. The average Bonchev–Trinajstić information content (AvgIpc) is 2.38. The number of piperidine rings is 1. The standard InChI is InChI=1S/C13H20N4O3S/c1-10-9-12(3-6-14-10)16-13(18)15-11-4-7-17(8-5-11)21(2,19)20/h3,6,9,11H,4-5,7-8H2,1-2H3,(H2,14,15,16,18). The summed E-state index contributed by atoms with van der Waals surface area (Å²) >= 11 is 0. The Morgan fingerprint density at radius 2 is 2.05 bits per heavy atom. The Hall–Kier alpha value is -1.67. The number of nitrogens with zero attached hydrogens (tertiary/aromatic N) is 2. The molecule has 2 heterocycles. The van der Waals surface area contributed by atoms with Gasteiger partial charge in [-0.3, -0.25) is 4.98 Å². The van der Waals surface area contributed by atoms with Crippen molar-refractivity contribution in [1.29, 1.82) is 0 Å². The van der Waals surface area contributed by atoms with E-state index in [9.17, 15) is 13.2 Å². The van der Waals surface area contributed by atoms with E-state index in [1.54, 1.807) is 18.3 Å². The number of rotatable bonds is 3. The summed E-state index contributed by atoms with van der Waals surface area (Å²) in [6.45, 7) is 2.74. The first kappa shape index (κ1) is 15.7. The molecule has 0 atom stereocenters. The van der Waals surface area contributed by atoms with E-state index in [0.717, 1.165) is 5.69 Å². The van der Waals surface area contributed by atoms with E-state index < -0.39 is 10.0 Å². The molecule has 0 saturated carbocycles. The number of carbonyl (C=O) groups is 1. The third-order valence-corrected chi connectivity index (χ3v) is 4.72. The summed E-state index contributed by atoms with van der Waals surface area (Å²) in [6.07, 6.45) is 4.08. The van der Waals surface area contributed by atoms with E-state index in [-0.39, 0.29) is 12.1 Å². The zero-order valence-corrected chi connectivity index (χ0v) is 13.0. The molecule has 0 aliphatic carbocycles. The zero-order valence-electron chi connectivity index (χ0n) is 12.2. The van der Waals surface area contributed by atoms with Crippen LogP contribution in [0.5, 0.6) is 0 Å². The lowest BCUT2D eigenvalue weighted by atomic mass is 10.1. The number of pyridine rings is 1. The molecule has 1 aliphatic heterocycles. The number of carbonyl (C=O) groups excluding carboxylic acids is 1. The van der Waals surface area contributed by atoms with Crippen LogP contribution in [0, 0.1) is 6.92 Å². The van der Waals surface area contributed by atoms with Crippen LogP contribution in [-0.4, -0.2) is 49.1 Å². The Morgan fingerprint density at radius 1 is 1.38 bits per heavy atom. The van der Waals surface area contributed by atoms with E-state index in [0.29, 0.717) is 31.6 Å². The van der Waals surface area contributed by atoms with Gasteiger partial charge in [0.15, 0.2) is 0 Å². The molecule has 1 fully saturated rings. The van der Waals surface area contributed by atoms with Crippen molar-refractivity contribution in [2.75, 3.05) is 24.7 Å². The fraction of sp³-hybridized carbons (Fsp3) is 0.538. The van der Waals surface area contributed by atoms with Gasteiger partial charge in [-0.1, -0.05) is 0 Å². The van der Waals surface area contributed by atoms with Gasteiger partial charge in [0, 0.05) is 36.7 Å². The molecule has 21 heavy (non-hydrogen) atoms. The van der Waals surface area contributed by atoms with Gasteiger partial charge >= 0.3 is 6.03 Å². The molecule has 1 aliphatic rings. The summed E-state index contributed by atoms with van der Waals surface area (Å²) in [4.78, 5) is 16.0. The van der Waals surface area contributed by atoms with E-state index in [1.165, 1.54) is 10.6 Å². The fourth-order valence-electron chi connectivity index (χ4n) is 2.31. The van der Waals surface area contributed by atoms with Crippen LogP contribution in [0.25, 0.3) is 0 Å². The van der Waals surface area contributed by atoms with E-state index in [1.807, 2.05) is 6.92 Å². The second-order valence-corrected chi connectivity index (χ2v) is 7.20. The molecule has 1 aromatic rings. The molecule has 0 radical (unpaired) electrons. The number of aryl methyl sites for hydroxylation is 1. The monoisotopic (exact) mass is 312 g/mol. The highest BCUT2D eigenvalue weighted by Gasteiger charge is 2.25. The van der Waals surface area contributed by atoms with E-state index in [2.05, 4.69) is 15.6 Å². The molecular formula is C13H20N4O3S. The third kappa shape index (κ3) is 4.68. The lowest BCUT2D eigenvalue weighted by Gasteiger charge is -2.30.